The molecule has 0 aromatic carbocycles. The van der Waals surface area contributed by atoms with Crippen molar-refractivity contribution in [2.24, 2.45) is 5.92 Å². The molecular weight excluding hydrogens is 293 g/mol. The Kier molecular flexibility index (Phi) is 4.63. The van der Waals surface area contributed by atoms with Gasteiger partial charge in [-0.05, 0) is 26.7 Å². The maximum absolute atomic E-state index is 11.3. The standard InChI is InChI=1S/C10H18INO2/c1-7(2)12-5-4-8(6-9(12)11)10(13)14-3/h7-9H,4-6H2,1-3H3. The van der Waals surface area contributed by atoms with Gasteiger partial charge in [0.1, 0.15) is 0 Å². The first-order valence-electron chi connectivity index (χ1n) is 5.04. The van der Waals surface area contributed by atoms with Gasteiger partial charge in [-0.25, -0.2) is 0 Å². The van der Waals surface area contributed by atoms with E-state index >= 15 is 0 Å². The second kappa shape index (κ2) is 5.30. The summed E-state index contributed by atoms with van der Waals surface area (Å²) in [7, 11) is 1.47. The number of nitrogens with zero attached hydrogens (tertiary/aromatic N) is 1. The van der Waals surface area contributed by atoms with Crippen LogP contribution in [0.2, 0.25) is 0 Å². The van der Waals surface area contributed by atoms with Crippen molar-refractivity contribution in [3.05, 3.63) is 0 Å². The van der Waals surface area contributed by atoms with E-state index in [4.69, 9.17) is 4.74 Å². The van der Waals surface area contributed by atoms with Crippen molar-refractivity contribution in [1.82, 2.24) is 4.90 Å². The molecule has 1 heterocycles. The molecule has 0 aliphatic carbocycles. The van der Waals surface area contributed by atoms with Gasteiger partial charge < -0.3 is 4.74 Å². The second-order valence-corrected chi connectivity index (χ2v) is 5.45. The largest absolute Gasteiger partial charge is 0.469 e. The van der Waals surface area contributed by atoms with Gasteiger partial charge in [-0.3, -0.25) is 9.69 Å². The maximum Gasteiger partial charge on any atom is 0.308 e. The smallest absolute Gasteiger partial charge is 0.308 e. The van der Waals surface area contributed by atoms with Crippen molar-refractivity contribution in [2.45, 2.75) is 36.8 Å². The van der Waals surface area contributed by atoms with Gasteiger partial charge in [0.25, 0.3) is 0 Å². The molecule has 3 nitrogen and oxygen atoms in total. The zero-order chi connectivity index (χ0) is 10.7. The van der Waals surface area contributed by atoms with Crippen LogP contribution in [0.3, 0.4) is 0 Å². The number of carbonyl (C=O) groups excluding carboxylic acids is 1. The van der Waals surface area contributed by atoms with Crippen LogP contribution in [0.1, 0.15) is 26.7 Å². The first kappa shape index (κ1) is 12.2. The minimum absolute atomic E-state index is 0.0462. The van der Waals surface area contributed by atoms with E-state index in [0.29, 0.717) is 10.1 Å². The van der Waals surface area contributed by atoms with E-state index in [1.165, 1.54) is 7.11 Å². The summed E-state index contributed by atoms with van der Waals surface area (Å²) >= 11 is 2.42. The number of carbonyl (C=O) groups is 1. The predicted octanol–water partition coefficient (Wildman–Crippen LogP) is 2.04. The number of likely N-dealkylation sites (tertiary alicyclic amines) is 1. The monoisotopic (exact) mass is 311 g/mol. The Morgan fingerprint density at radius 2 is 2.21 bits per heavy atom. The molecule has 1 aliphatic rings. The number of methoxy groups -OCH3 is 1. The molecule has 14 heavy (non-hydrogen) atoms. The van der Waals surface area contributed by atoms with E-state index < -0.39 is 0 Å². The highest BCUT2D eigenvalue weighted by Crippen LogP contribution is 2.29. The summed E-state index contributed by atoms with van der Waals surface area (Å²) in [5.74, 6) is 0.0620. The summed E-state index contributed by atoms with van der Waals surface area (Å²) < 4.78 is 5.24. The third-order valence-corrected chi connectivity index (χ3v) is 4.00. The van der Waals surface area contributed by atoms with E-state index in [-0.39, 0.29) is 11.9 Å². The van der Waals surface area contributed by atoms with Gasteiger partial charge in [0, 0.05) is 12.6 Å². The Balaban J connectivity index is 2.50. The summed E-state index contributed by atoms with van der Waals surface area (Å²) in [4.78, 5) is 13.8. The van der Waals surface area contributed by atoms with Gasteiger partial charge in [0.15, 0.2) is 0 Å². The van der Waals surface area contributed by atoms with Crippen molar-refractivity contribution in [2.75, 3.05) is 13.7 Å². The third-order valence-electron chi connectivity index (χ3n) is 2.77. The average Bonchev–Trinajstić information content (AvgIpc) is 2.15. The molecule has 0 N–H and O–H groups in total. The molecule has 0 aromatic heterocycles. The molecule has 0 amide bonds. The zero-order valence-corrected chi connectivity index (χ0v) is 11.2. The molecule has 82 valence electrons. The van der Waals surface area contributed by atoms with Crippen LogP contribution >= 0.6 is 22.6 Å². The van der Waals surface area contributed by atoms with Crippen LogP contribution in [0.5, 0.6) is 0 Å². The molecule has 2 atom stereocenters. The molecule has 0 bridgehead atoms. The molecule has 1 fully saturated rings. The van der Waals surface area contributed by atoms with Crippen LogP contribution in [0.15, 0.2) is 0 Å². The van der Waals surface area contributed by atoms with Gasteiger partial charge >= 0.3 is 5.97 Å². The van der Waals surface area contributed by atoms with Crippen molar-refractivity contribution < 1.29 is 9.53 Å². The Labute approximate surface area is 99.3 Å². The van der Waals surface area contributed by atoms with E-state index in [2.05, 4.69) is 41.3 Å². The first-order chi connectivity index (χ1) is 6.56. The molecule has 1 saturated heterocycles. The number of ether oxygens (including phenoxy) is 1. The van der Waals surface area contributed by atoms with Gasteiger partial charge in [-0.1, -0.05) is 22.6 Å². The van der Waals surface area contributed by atoms with Gasteiger partial charge in [-0.2, -0.15) is 0 Å². The van der Waals surface area contributed by atoms with Crippen LogP contribution in [0.4, 0.5) is 0 Å². The summed E-state index contributed by atoms with van der Waals surface area (Å²) in [5.41, 5.74) is 0. The second-order valence-electron chi connectivity index (χ2n) is 4.01. The Bertz CT molecular complexity index is 208. The summed E-state index contributed by atoms with van der Waals surface area (Å²) in [6.07, 6.45) is 1.86. The average molecular weight is 311 g/mol. The van der Waals surface area contributed by atoms with Crippen molar-refractivity contribution in [1.29, 1.82) is 0 Å². The minimum atomic E-state index is -0.0462. The lowest BCUT2D eigenvalue weighted by molar-refractivity contribution is -0.147. The van der Waals surface area contributed by atoms with Crippen LogP contribution < -0.4 is 0 Å². The molecule has 1 aliphatic heterocycles. The van der Waals surface area contributed by atoms with Gasteiger partial charge in [-0.15, -0.1) is 0 Å². The molecule has 0 saturated carbocycles. The third kappa shape index (κ3) is 2.82. The molecular formula is C10H18INO2. The van der Waals surface area contributed by atoms with Crippen LogP contribution in [0.25, 0.3) is 0 Å². The van der Waals surface area contributed by atoms with Crippen molar-refractivity contribution in [3.8, 4) is 0 Å². The number of hydrogen-bond donors (Lipinski definition) is 0. The summed E-state index contributed by atoms with van der Waals surface area (Å²) in [6, 6.07) is 0.565. The van der Waals surface area contributed by atoms with E-state index in [9.17, 15) is 4.79 Å². The lowest BCUT2D eigenvalue weighted by atomic mass is 9.96. The normalized spacial score (nSPS) is 29.2. The van der Waals surface area contributed by atoms with Crippen molar-refractivity contribution in [3.63, 3.8) is 0 Å². The lowest BCUT2D eigenvalue weighted by Crippen LogP contribution is -2.44. The number of esters is 1. The number of halogens is 1. The molecule has 0 spiro atoms. The minimum Gasteiger partial charge on any atom is -0.469 e. The predicted molar refractivity (Wildman–Crippen MR) is 64.4 cm³/mol. The fourth-order valence-electron chi connectivity index (χ4n) is 1.90. The van der Waals surface area contributed by atoms with E-state index in [1.54, 1.807) is 0 Å². The lowest BCUT2D eigenvalue weighted by Gasteiger charge is -2.38. The molecule has 0 radical (unpaired) electrons. The number of alkyl halides is 1. The van der Waals surface area contributed by atoms with E-state index in [0.717, 1.165) is 19.4 Å². The molecule has 2 unspecified atom stereocenters. The molecule has 4 heteroatoms. The summed E-state index contributed by atoms with van der Waals surface area (Å²) in [5, 5.41) is 0. The van der Waals surface area contributed by atoms with Crippen LogP contribution in [-0.2, 0) is 9.53 Å². The number of rotatable bonds is 2. The fraction of sp³-hybridized carbons (Fsp3) is 0.900. The maximum atomic E-state index is 11.3. The molecule has 1 rings (SSSR count). The topological polar surface area (TPSA) is 29.5 Å². The van der Waals surface area contributed by atoms with E-state index in [1.807, 2.05) is 0 Å². The summed E-state index contributed by atoms with van der Waals surface area (Å²) in [6.45, 7) is 5.40. The van der Waals surface area contributed by atoms with Crippen LogP contribution in [0, 0.1) is 5.92 Å². The quantitative estimate of drug-likeness (QED) is 0.338. The van der Waals surface area contributed by atoms with Crippen molar-refractivity contribution >= 4 is 28.6 Å². The highest BCUT2D eigenvalue weighted by atomic mass is 127. The SMILES string of the molecule is COC(=O)C1CCN(C(C)C)C(I)C1. The Morgan fingerprint density at radius 3 is 2.64 bits per heavy atom. The zero-order valence-electron chi connectivity index (χ0n) is 9.00. The Hall–Kier alpha value is 0.160. The van der Waals surface area contributed by atoms with Gasteiger partial charge in [0.05, 0.1) is 17.1 Å². The number of piperidine rings is 1. The highest BCUT2D eigenvalue weighted by molar-refractivity contribution is 14.1. The van der Waals surface area contributed by atoms with Gasteiger partial charge in [0.2, 0.25) is 0 Å². The fourth-order valence-corrected chi connectivity index (χ4v) is 3.43. The Morgan fingerprint density at radius 1 is 1.57 bits per heavy atom. The highest BCUT2D eigenvalue weighted by Gasteiger charge is 2.32. The first-order valence-corrected chi connectivity index (χ1v) is 6.28. The number of hydrogen-bond acceptors (Lipinski definition) is 3. The molecule has 0 aromatic rings. The van der Waals surface area contributed by atoms with Crippen LogP contribution in [-0.4, -0.2) is 34.6 Å².